The molecule has 0 fully saturated rings. The molecule has 13 nitrogen and oxygen atoms in total. The third-order valence-electron chi connectivity index (χ3n) is 5.48. The van der Waals surface area contributed by atoms with E-state index < -0.39 is 29.4 Å². The first-order chi connectivity index (χ1) is 19.1. The van der Waals surface area contributed by atoms with Crippen molar-refractivity contribution in [3.05, 3.63) is 71.4 Å². The van der Waals surface area contributed by atoms with Gasteiger partial charge < -0.3 is 36.6 Å². The zero-order valence-corrected chi connectivity index (χ0v) is 21.3. The van der Waals surface area contributed by atoms with Gasteiger partial charge in [0.15, 0.2) is 11.6 Å². The molecule has 0 saturated heterocycles. The first-order valence-corrected chi connectivity index (χ1v) is 12.0. The average molecular weight is 555 g/mol. The van der Waals surface area contributed by atoms with Gasteiger partial charge in [-0.15, -0.1) is 0 Å². The molecule has 1 aliphatic carbocycles. The quantitative estimate of drug-likeness (QED) is 0.260. The van der Waals surface area contributed by atoms with E-state index in [-0.39, 0.29) is 41.9 Å². The van der Waals surface area contributed by atoms with Crippen LogP contribution in [0.3, 0.4) is 0 Å². The second kappa shape index (κ2) is 13.6. The third-order valence-corrected chi connectivity index (χ3v) is 5.48. The molecule has 40 heavy (non-hydrogen) atoms. The van der Waals surface area contributed by atoms with Crippen LogP contribution in [-0.4, -0.2) is 57.5 Å². The molecule has 0 bridgehead atoms. The highest BCUT2D eigenvalue weighted by Crippen LogP contribution is 2.33. The fourth-order valence-electron chi connectivity index (χ4n) is 3.47. The maximum absolute atomic E-state index is 14.4. The minimum absolute atomic E-state index is 0.0149. The van der Waals surface area contributed by atoms with E-state index in [1.54, 1.807) is 24.3 Å². The van der Waals surface area contributed by atoms with Crippen LogP contribution in [-0.2, 0) is 19.2 Å². The number of Topliss-reactive ketones (excluding diaryl/α,β-unsaturated/α-hetero) is 1. The van der Waals surface area contributed by atoms with Gasteiger partial charge in [0, 0.05) is 42.4 Å². The number of nitrogens with two attached hydrogens (primary N) is 1. The maximum Gasteiger partial charge on any atom is 0.303 e. The summed E-state index contributed by atoms with van der Waals surface area (Å²) in [5, 5.41) is 23.9. The Bertz CT molecular complexity index is 1390. The largest absolute Gasteiger partial charge is 0.493 e. The zero-order chi connectivity index (χ0) is 29.2. The number of likely N-dealkylation sites (N-methyl/N-ethyl adjacent to an activating group) is 1. The molecule has 4 rings (SSSR count). The highest BCUT2D eigenvalue weighted by Gasteiger charge is 2.20. The highest BCUT2D eigenvalue weighted by molar-refractivity contribution is 6.15. The van der Waals surface area contributed by atoms with Crippen LogP contribution in [0.2, 0.25) is 0 Å². The van der Waals surface area contributed by atoms with Crippen LogP contribution in [0, 0.1) is 5.82 Å². The first-order valence-electron chi connectivity index (χ1n) is 12.0. The number of fused-ring (bicyclic) bond motifs is 1. The average Bonchev–Trinajstić information content (AvgIpc) is 2.92. The van der Waals surface area contributed by atoms with Gasteiger partial charge >= 0.3 is 11.9 Å². The Kier molecular flexibility index (Phi) is 10.0. The fourth-order valence-corrected chi connectivity index (χ4v) is 3.47. The van der Waals surface area contributed by atoms with Crippen LogP contribution in [0.4, 0.5) is 21.8 Å². The molecule has 14 heteroatoms. The van der Waals surface area contributed by atoms with Crippen molar-refractivity contribution in [2.45, 2.75) is 25.3 Å². The molecular formula is C26H27FN6O7. The van der Waals surface area contributed by atoms with E-state index in [0.29, 0.717) is 24.5 Å². The number of hydrogen-bond acceptors (Lipinski definition) is 10. The van der Waals surface area contributed by atoms with Crippen molar-refractivity contribution in [1.82, 2.24) is 15.3 Å². The Morgan fingerprint density at radius 1 is 1.20 bits per heavy atom. The van der Waals surface area contributed by atoms with E-state index >= 15 is 0 Å². The number of ether oxygens (including phenoxy) is 1. The molecule has 0 saturated carbocycles. The zero-order valence-electron chi connectivity index (χ0n) is 21.3. The summed E-state index contributed by atoms with van der Waals surface area (Å²) in [4.78, 5) is 51.5. The van der Waals surface area contributed by atoms with E-state index in [9.17, 15) is 23.6 Å². The number of ketones is 1. The second-order valence-corrected chi connectivity index (χ2v) is 8.41. The van der Waals surface area contributed by atoms with E-state index in [1.807, 2.05) is 0 Å². The van der Waals surface area contributed by atoms with Gasteiger partial charge in [-0.2, -0.15) is 4.98 Å². The normalized spacial score (nSPS) is 16.5. The highest BCUT2D eigenvalue weighted by atomic mass is 19.1. The molecular weight excluding hydrogens is 527 g/mol. The van der Waals surface area contributed by atoms with E-state index in [0.717, 1.165) is 11.8 Å². The number of rotatable bonds is 8. The predicted octanol–water partition coefficient (Wildman–Crippen LogP) is 2.18. The van der Waals surface area contributed by atoms with Crippen molar-refractivity contribution in [2.24, 2.45) is 5.73 Å². The number of benzene rings is 1. The van der Waals surface area contributed by atoms with Gasteiger partial charge in [-0.25, -0.2) is 9.37 Å². The van der Waals surface area contributed by atoms with Crippen LogP contribution in [0.25, 0.3) is 0 Å². The van der Waals surface area contributed by atoms with Crippen molar-refractivity contribution in [3.63, 3.8) is 0 Å². The molecule has 0 radical (unpaired) electrons. The number of carbonyl (C=O) groups excluding carboxylic acids is 2. The summed E-state index contributed by atoms with van der Waals surface area (Å²) in [6.45, 7) is 0.556. The number of nitrogens with zero attached hydrogens (tertiary/aromatic N) is 2. The fraction of sp³-hybridized carbons (Fsp3) is 0.231. The van der Waals surface area contributed by atoms with E-state index in [4.69, 9.17) is 20.7 Å². The molecule has 1 atom stereocenters. The number of hydrogen-bond donors (Lipinski definition) is 6. The maximum atomic E-state index is 14.4. The minimum Gasteiger partial charge on any atom is -0.493 e. The van der Waals surface area contributed by atoms with Crippen molar-refractivity contribution in [2.75, 3.05) is 24.3 Å². The van der Waals surface area contributed by atoms with Gasteiger partial charge in [-0.3, -0.25) is 19.2 Å². The topological polar surface area (TPSA) is 206 Å². The SMILES string of the molecule is CNC(=O)C=C1C=CC=C(Nc2ncc(F)c(Nc3ccc4c(c3)C(N)CCO4)n2)C1=O.O=C(O)CCC(=O)O. The van der Waals surface area contributed by atoms with Gasteiger partial charge in [0.2, 0.25) is 17.6 Å². The summed E-state index contributed by atoms with van der Waals surface area (Å²) in [6, 6.07) is 5.14. The van der Waals surface area contributed by atoms with Gasteiger partial charge in [-0.1, -0.05) is 12.2 Å². The number of carboxylic acids is 2. The number of carbonyl (C=O) groups is 4. The van der Waals surface area contributed by atoms with Gasteiger partial charge in [0.05, 0.1) is 31.3 Å². The summed E-state index contributed by atoms with van der Waals surface area (Å²) in [5.41, 5.74) is 7.90. The van der Waals surface area contributed by atoms with Crippen molar-refractivity contribution < 1.29 is 38.5 Å². The summed E-state index contributed by atoms with van der Waals surface area (Å²) < 4.78 is 19.9. The number of carboxylic acid groups (broad SMARTS) is 2. The number of amides is 1. The molecule has 2 aromatic rings. The molecule has 2 heterocycles. The van der Waals surface area contributed by atoms with Gasteiger partial charge in [0.1, 0.15) is 5.75 Å². The molecule has 0 spiro atoms. The molecule has 2 aliphatic rings. The van der Waals surface area contributed by atoms with Crippen LogP contribution in [0.5, 0.6) is 5.75 Å². The first kappa shape index (κ1) is 29.4. The predicted molar refractivity (Wildman–Crippen MR) is 141 cm³/mol. The lowest BCUT2D eigenvalue weighted by molar-refractivity contribution is -0.143. The minimum atomic E-state index is -1.08. The van der Waals surface area contributed by atoms with Crippen molar-refractivity contribution >= 4 is 41.1 Å². The lowest BCUT2D eigenvalue weighted by Gasteiger charge is -2.23. The number of nitrogens with one attached hydrogen (secondary N) is 3. The number of allylic oxidation sites excluding steroid dienone is 4. The van der Waals surface area contributed by atoms with E-state index in [1.165, 1.54) is 25.3 Å². The molecule has 1 aromatic carbocycles. The molecule has 210 valence electrons. The lowest BCUT2D eigenvalue weighted by Crippen LogP contribution is -2.21. The van der Waals surface area contributed by atoms with Crippen LogP contribution in [0.1, 0.15) is 30.9 Å². The summed E-state index contributed by atoms with van der Waals surface area (Å²) in [6.07, 6.45) is 6.94. The van der Waals surface area contributed by atoms with Gasteiger partial charge in [0.25, 0.3) is 0 Å². The Balaban J connectivity index is 0.000000482. The Morgan fingerprint density at radius 3 is 2.60 bits per heavy atom. The smallest absolute Gasteiger partial charge is 0.303 e. The van der Waals surface area contributed by atoms with E-state index in [2.05, 4.69) is 25.9 Å². The summed E-state index contributed by atoms with van der Waals surface area (Å²) >= 11 is 0. The number of aliphatic carboxylic acids is 2. The number of anilines is 3. The Labute approximate surface area is 227 Å². The monoisotopic (exact) mass is 554 g/mol. The van der Waals surface area contributed by atoms with Gasteiger partial charge in [-0.05, 0) is 24.3 Å². The lowest BCUT2D eigenvalue weighted by atomic mass is 10.0. The molecule has 7 N–H and O–H groups in total. The van der Waals surface area contributed by atoms with Crippen molar-refractivity contribution in [1.29, 1.82) is 0 Å². The van der Waals surface area contributed by atoms with Crippen LogP contribution < -0.4 is 26.4 Å². The molecule has 1 unspecified atom stereocenters. The second-order valence-electron chi connectivity index (χ2n) is 8.41. The Hall–Kier alpha value is -5.11. The van der Waals surface area contributed by atoms with Crippen molar-refractivity contribution in [3.8, 4) is 5.75 Å². The Morgan fingerprint density at radius 2 is 1.93 bits per heavy atom. The molecule has 1 aromatic heterocycles. The van der Waals surface area contributed by atoms with Crippen LogP contribution in [0.15, 0.2) is 60.0 Å². The molecule has 1 aliphatic heterocycles. The number of halogens is 1. The summed E-state index contributed by atoms with van der Waals surface area (Å²) in [5.74, 6) is -3.00. The standard InChI is InChI=1S/C22H21FN6O3.C4H6O4/c1-25-19(30)9-12-3-2-4-17(20(12)31)28-22-26-11-15(23)21(29-22)27-13-5-6-18-14(10-13)16(24)7-8-32-18;5-3(6)1-2-4(7)8/h2-6,9-11,16H,7-8,24H2,1H3,(H,25,30)(H2,26,27,28,29);1-2H2,(H,5,6)(H,7,8). The molecule has 1 amide bonds. The number of aromatic nitrogens is 2. The summed E-state index contributed by atoms with van der Waals surface area (Å²) in [7, 11) is 1.47. The van der Waals surface area contributed by atoms with Crippen LogP contribution >= 0.6 is 0 Å². The third kappa shape index (κ3) is 8.19.